The third-order valence-electron chi connectivity index (χ3n) is 5.01. The van der Waals surface area contributed by atoms with E-state index in [1.54, 1.807) is 7.11 Å². The molecule has 3 N–H and O–H groups in total. The van der Waals surface area contributed by atoms with Gasteiger partial charge in [0.15, 0.2) is 0 Å². The molecule has 2 aliphatic rings. The molecule has 0 aromatic heterocycles. The van der Waals surface area contributed by atoms with Gasteiger partial charge in [-0.2, -0.15) is 0 Å². The predicted octanol–water partition coefficient (Wildman–Crippen LogP) is 1.94. The van der Waals surface area contributed by atoms with Crippen LogP contribution in [0.4, 0.5) is 4.79 Å². The van der Waals surface area contributed by atoms with Crippen LogP contribution in [-0.2, 0) is 5.41 Å². The van der Waals surface area contributed by atoms with Crippen molar-refractivity contribution in [1.29, 1.82) is 0 Å². The van der Waals surface area contributed by atoms with Gasteiger partial charge in [-0.25, -0.2) is 4.79 Å². The van der Waals surface area contributed by atoms with E-state index in [2.05, 4.69) is 22.8 Å². The minimum Gasteiger partial charge on any atom is -0.497 e. The van der Waals surface area contributed by atoms with Gasteiger partial charge in [-0.15, -0.1) is 0 Å². The molecule has 22 heavy (non-hydrogen) atoms. The first-order chi connectivity index (χ1) is 10.6. The molecule has 5 nitrogen and oxygen atoms in total. The van der Waals surface area contributed by atoms with E-state index >= 15 is 0 Å². The van der Waals surface area contributed by atoms with Gasteiger partial charge in [0.1, 0.15) is 5.75 Å². The molecule has 0 bridgehead atoms. The van der Waals surface area contributed by atoms with Crippen LogP contribution in [0, 0.1) is 0 Å². The summed E-state index contributed by atoms with van der Waals surface area (Å²) in [7, 11) is 1.66. The number of urea groups is 1. The number of rotatable bonds is 6. The molecular formula is C17H24N2O3. The normalized spacial score (nSPS) is 20.6. The van der Waals surface area contributed by atoms with E-state index in [0.29, 0.717) is 13.1 Å². The summed E-state index contributed by atoms with van der Waals surface area (Å²) in [6.45, 7) is 0.970. The molecule has 0 unspecified atom stereocenters. The minimum atomic E-state index is -0.676. The molecule has 2 saturated carbocycles. The van der Waals surface area contributed by atoms with Gasteiger partial charge in [-0.3, -0.25) is 0 Å². The monoisotopic (exact) mass is 304 g/mol. The second-order valence-corrected chi connectivity index (χ2v) is 6.62. The molecule has 5 heteroatoms. The number of amides is 2. The van der Waals surface area contributed by atoms with E-state index in [9.17, 15) is 9.90 Å². The van der Waals surface area contributed by atoms with Crippen LogP contribution < -0.4 is 15.4 Å². The van der Waals surface area contributed by atoms with Crippen LogP contribution in [0.15, 0.2) is 24.3 Å². The summed E-state index contributed by atoms with van der Waals surface area (Å²) in [5.41, 5.74) is 0.632. The molecule has 2 fully saturated rings. The van der Waals surface area contributed by atoms with E-state index in [4.69, 9.17) is 4.74 Å². The number of nitrogens with one attached hydrogen (secondary N) is 2. The number of methoxy groups -OCH3 is 1. The lowest BCUT2D eigenvalue weighted by Crippen LogP contribution is -2.50. The first kappa shape index (κ1) is 15.2. The Kier molecular flexibility index (Phi) is 4.00. The molecule has 120 valence electrons. The molecule has 0 aliphatic heterocycles. The highest BCUT2D eigenvalue weighted by Crippen LogP contribution is 2.47. The number of hydrogen-bond donors (Lipinski definition) is 3. The highest BCUT2D eigenvalue weighted by atomic mass is 16.5. The van der Waals surface area contributed by atoms with Crippen LogP contribution in [0.2, 0.25) is 0 Å². The summed E-state index contributed by atoms with van der Waals surface area (Å²) in [6, 6.07) is 7.87. The van der Waals surface area contributed by atoms with Crippen molar-refractivity contribution < 1.29 is 14.6 Å². The highest BCUT2D eigenvalue weighted by molar-refractivity contribution is 5.74. The van der Waals surface area contributed by atoms with Crippen molar-refractivity contribution in [2.75, 3.05) is 20.2 Å². The third kappa shape index (κ3) is 3.19. The zero-order valence-electron chi connectivity index (χ0n) is 13.0. The SMILES string of the molecule is COc1ccc(C2(CNC(=O)NCC3(O)CCC3)CC2)cc1. The molecule has 0 heterocycles. The van der Waals surface area contributed by atoms with E-state index < -0.39 is 5.60 Å². The van der Waals surface area contributed by atoms with Crippen LogP contribution >= 0.6 is 0 Å². The van der Waals surface area contributed by atoms with Crippen molar-refractivity contribution in [1.82, 2.24) is 10.6 Å². The molecule has 2 amide bonds. The Morgan fingerprint density at radius 3 is 2.27 bits per heavy atom. The second kappa shape index (κ2) is 5.80. The zero-order valence-corrected chi connectivity index (χ0v) is 13.0. The number of carbonyl (C=O) groups is 1. The Balaban J connectivity index is 1.48. The van der Waals surface area contributed by atoms with Gasteiger partial charge < -0.3 is 20.5 Å². The van der Waals surface area contributed by atoms with Gasteiger partial charge in [0, 0.05) is 18.5 Å². The summed E-state index contributed by atoms with van der Waals surface area (Å²) >= 11 is 0. The van der Waals surface area contributed by atoms with Crippen molar-refractivity contribution in [2.24, 2.45) is 0 Å². The maximum Gasteiger partial charge on any atom is 0.314 e. The molecule has 0 radical (unpaired) electrons. The first-order valence-electron chi connectivity index (χ1n) is 7.94. The van der Waals surface area contributed by atoms with E-state index in [0.717, 1.165) is 37.9 Å². The molecule has 2 aliphatic carbocycles. The molecule has 1 aromatic carbocycles. The number of benzene rings is 1. The Morgan fingerprint density at radius 1 is 1.14 bits per heavy atom. The van der Waals surface area contributed by atoms with Crippen LogP contribution in [0.25, 0.3) is 0 Å². The molecule has 0 saturated heterocycles. The molecular weight excluding hydrogens is 280 g/mol. The third-order valence-corrected chi connectivity index (χ3v) is 5.01. The molecule has 3 rings (SSSR count). The summed E-state index contributed by atoms with van der Waals surface area (Å²) in [4.78, 5) is 11.9. The summed E-state index contributed by atoms with van der Waals surface area (Å²) in [6.07, 6.45) is 4.78. The number of carbonyl (C=O) groups excluding carboxylic acids is 1. The maximum atomic E-state index is 11.9. The largest absolute Gasteiger partial charge is 0.497 e. The maximum absolute atomic E-state index is 11.9. The minimum absolute atomic E-state index is 0.0665. The van der Waals surface area contributed by atoms with Crippen LogP contribution in [0.3, 0.4) is 0 Å². The topological polar surface area (TPSA) is 70.6 Å². The Labute approximate surface area is 131 Å². The lowest BCUT2D eigenvalue weighted by atomic mass is 9.80. The van der Waals surface area contributed by atoms with E-state index in [1.165, 1.54) is 5.56 Å². The fourth-order valence-electron chi connectivity index (χ4n) is 2.98. The fourth-order valence-corrected chi connectivity index (χ4v) is 2.98. The molecule has 1 aromatic rings. The summed E-state index contributed by atoms with van der Waals surface area (Å²) in [5.74, 6) is 0.846. The van der Waals surface area contributed by atoms with Crippen molar-refractivity contribution in [3.05, 3.63) is 29.8 Å². The van der Waals surface area contributed by atoms with Gasteiger partial charge >= 0.3 is 6.03 Å². The first-order valence-corrected chi connectivity index (χ1v) is 7.94. The van der Waals surface area contributed by atoms with Crippen molar-refractivity contribution in [3.63, 3.8) is 0 Å². The van der Waals surface area contributed by atoms with Crippen LogP contribution in [0.1, 0.15) is 37.7 Å². The van der Waals surface area contributed by atoms with Crippen molar-refractivity contribution >= 4 is 6.03 Å². The fraction of sp³-hybridized carbons (Fsp3) is 0.588. The molecule has 0 spiro atoms. The Bertz CT molecular complexity index is 533. The Morgan fingerprint density at radius 2 is 1.77 bits per heavy atom. The van der Waals surface area contributed by atoms with Gasteiger partial charge in [0.05, 0.1) is 12.7 Å². The summed E-state index contributed by atoms with van der Waals surface area (Å²) < 4.78 is 5.18. The average molecular weight is 304 g/mol. The number of hydrogen-bond acceptors (Lipinski definition) is 3. The second-order valence-electron chi connectivity index (χ2n) is 6.62. The number of aliphatic hydroxyl groups is 1. The van der Waals surface area contributed by atoms with Gasteiger partial charge in [-0.1, -0.05) is 12.1 Å². The van der Waals surface area contributed by atoms with E-state index in [-0.39, 0.29) is 11.4 Å². The zero-order chi connectivity index (χ0) is 15.6. The smallest absolute Gasteiger partial charge is 0.314 e. The number of ether oxygens (including phenoxy) is 1. The average Bonchev–Trinajstić information content (AvgIpc) is 3.30. The quantitative estimate of drug-likeness (QED) is 0.752. The van der Waals surface area contributed by atoms with Crippen LogP contribution in [-0.4, -0.2) is 36.9 Å². The molecule has 0 atom stereocenters. The predicted molar refractivity (Wildman–Crippen MR) is 84.1 cm³/mol. The van der Waals surface area contributed by atoms with Crippen molar-refractivity contribution in [2.45, 2.75) is 43.1 Å². The van der Waals surface area contributed by atoms with Gasteiger partial charge in [0.25, 0.3) is 0 Å². The van der Waals surface area contributed by atoms with E-state index in [1.807, 2.05) is 12.1 Å². The standard InChI is InChI=1S/C17H24N2O3/c1-22-14-5-3-13(4-6-14)16(9-10-16)11-18-15(20)19-12-17(21)7-2-8-17/h3-6,21H,2,7-12H2,1H3,(H2,18,19,20). The van der Waals surface area contributed by atoms with Gasteiger partial charge in [-0.05, 0) is 49.8 Å². The van der Waals surface area contributed by atoms with Crippen molar-refractivity contribution in [3.8, 4) is 5.75 Å². The lowest BCUT2D eigenvalue weighted by Gasteiger charge is -2.36. The summed E-state index contributed by atoms with van der Waals surface area (Å²) in [5, 5.41) is 15.7. The lowest BCUT2D eigenvalue weighted by molar-refractivity contribution is -0.0290. The van der Waals surface area contributed by atoms with Gasteiger partial charge in [0.2, 0.25) is 0 Å². The highest BCUT2D eigenvalue weighted by Gasteiger charge is 2.44. The van der Waals surface area contributed by atoms with Crippen LogP contribution in [0.5, 0.6) is 5.75 Å². The Hall–Kier alpha value is -1.75.